The maximum absolute atomic E-state index is 5.91. The first-order valence-corrected chi connectivity index (χ1v) is 6.89. The first-order chi connectivity index (χ1) is 9.16. The molecule has 0 saturated carbocycles. The molecule has 1 aromatic heterocycles. The maximum atomic E-state index is 5.91. The molecule has 5 heteroatoms. The van der Waals surface area contributed by atoms with E-state index in [4.69, 9.17) is 15.2 Å². The second kappa shape index (κ2) is 6.61. The van der Waals surface area contributed by atoms with Crippen LogP contribution in [0.15, 0.2) is 12.1 Å². The lowest BCUT2D eigenvalue weighted by Crippen LogP contribution is -2.27. The molecule has 0 amide bonds. The Morgan fingerprint density at radius 1 is 1.37 bits per heavy atom. The average molecular weight is 265 g/mol. The van der Waals surface area contributed by atoms with E-state index in [1.807, 2.05) is 12.1 Å². The van der Waals surface area contributed by atoms with Crippen LogP contribution in [0.4, 0.5) is 11.5 Å². The molecule has 106 valence electrons. The van der Waals surface area contributed by atoms with E-state index in [1.165, 1.54) is 0 Å². The van der Waals surface area contributed by atoms with Gasteiger partial charge in [-0.25, -0.2) is 0 Å². The monoisotopic (exact) mass is 265 g/mol. The highest BCUT2D eigenvalue weighted by molar-refractivity contribution is 5.54. The van der Waals surface area contributed by atoms with Crippen molar-refractivity contribution in [3.05, 3.63) is 12.1 Å². The Kier molecular flexibility index (Phi) is 4.85. The van der Waals surface area contributed by atoms with Crippen molar-refractivity contribution in [3.8, 4) is 5.88 Å². The molecule has 1 aliphatic heterocycles. The molecule has 0 spiro atoms. The molecule has 1 aliphatic rings. The molecule has 5 nitrogen and oxygen atoms in total. The lowest BCUT2D eigenvalue weighted by molar-refractivity contribution is 0.152. The third kappa shape index (κ3) is 3.99. The summed E-state index contributed by atoms with van der Waals surface area (Å²) in [7, 11) is 0. The number of aromatic nitrogens is 1. The minimum atomic E-state index is 0.455. The van der Waals surface area contributed by atoms with Gasteiger partial charge in [0.25, 0.3) is 0 Å². The summed E-state index contributed by atoms with van der Waals surface area (Å²) in [5, 5.41) is 0. The predicted octanol–water partition coefficient (Wildman–Crippen LogP) is 1.93. The van der Waals surface area contributed by atoms with Gasteiger partial charge in [-0.1, -0.05) is 13.8 Å². The van der Waals surface area contributed by atoms with Crippen LogP contribution in [0.2, 0.25) is 0 Å². The third-order valence-electron chi connectivity index (χ3n) is 2.97. The van der Waals surface area contributed by atoms with Crippen LogP contribution in [-0.2, 0) is 4.74 Å². The zero-order valence-electron chi connectivity index (χ0n) is 11.8. The van der Waals surface area contributed by atoms with Gasteiger partial charge in [-0.15, -0.1) is 0 Å². The first-order valence-electron chi connectivity index (χ1n) is 6.89. The number of hydrogen-bond acceptors (Lipinski definition) is 5. The summed E-state index contributed by atoms with van der Waals surface area (Å²) in [6, 6.07) is 3.81. The van der Waals surface area contributed by atoms with Crippen LogP contribution in [-0.4, -0.2) is 37.9 Å². The van der Waals surface area contributed by atoms with Crippen LogP contribution in [0.1, 0.15) is 20.3 Å². The largest absolute Gasteiger partial charge is 0.476 e. The molecule has 0 aliphatic carbocycles. The summed E-state index contributed by atoms with van der Waals surface area (Å²) in [4.78, 5) is 6.75. The highest BCUT2D eigenvalue weighted by atomic mass is 16.5. The third-order valence-corrected chi connectivity index (χ3v) is 2.97. The van der Waals surface area contributed by atoms with Gasteiger partial charge >= 0.3 is 0 Å². The highest BCUT2D eigenvalue weighted by Gasteiger charge is 2.13. The van der Waals surface area contributed by atoms with Crippen LogP contribution in [0.3, 0.4) is 0 Å². The van der Waals surface area contributed by atoms with Gasteiger partial charge in [-0.3, -0.25) is 0 Å². The molecule has 0 radical (unpaired) electrons. The number of rotatable bonds is 4. The fourth-order valence-electron chi connectivity index (χ4n) is 1.95. The van der Waals surface area contributed by atoms with Crippen molar-refractivity contribution in [2.24, 2.45) is 5.92 Å². The highest BCUT2D eigenvalue weighted by Crippen LogP contribution is 2.24. The molecule has 0 aromatic carbocycles. The summed E-state index contributed by atoms with van der Waals surface area (Å²) in [6.07, 6.45) is 1.02. The summed E-state index contributed by atoms with van der Waals surface area (Å²) < 4.78 is 11.1. The minimum Gasteiger partial charge on any atom is -0.476 e. The molecule has 1 saturated heterocycles. The van der Waals surface area contributed by atoms with E-state index in [9.17, 15) is 0 Å². The van der Waals surface area contributed by atoms with E-state index < -0.39 is 0 Å². The smallest absolute Gasteiger partial charge is 0.239 e. The zero-order valence-corrected chi connectivity index (χ0v) is 11.8. The van der Waals surface area contributed by atoms with Crippen molar-refractivity contribution in [1.29, 1.82) is 0 Å². The van der Waals surface area contributed by atoms with Crippen LogP contribution < -0.4 is 15.4 Å². The molecule has 2 N–H and O–H groups in total. The van der Waals surface area contributed by atoms with Crippen LogP contribution in [0.5, 0.6) is 5.88 Å². The number of ether oxygens (including phenoxy) is 2. The van der Waals surface area contributed by atoms with Crippen molar-refractivity contribution in [1.82, 2.24) is 4.98 Å². The molecular formula is C14H23N3O2. The summed E-state index contributed by atoms with van der Waals surface area (Å²) in [6.45, 7) is 8.22. The fraction of sp³-hybridized carbons (Fsp3) is 0.643. The quantitative estimate of drug-likeness (QED) is 0.901. The van der Waals surface area contributed by atoms with Crippen LogP contribution in [0.25, 0.3) is 0 Å². The molecule has 2 rings (SSSR count). The Morgan fingerprint density at radius 3 is 3.00 bits per heavy atom. The van der Waals surface area contributed by atoms with Gasteiger partial charge in [-0.05, 0) is 24.5 Å². The van der Waals surface area contributed by atoms with E-state index in [1.54, 1.807) is 0 Å². The van der Waals surface area contributed by atoms with E-state index in [0.29, 0.717) is 24.1 Å². The number of anilines is 2. The standard InChI is InChI=1S/C14H23N3O2/c1-11(2)10-19-14-12(15)4-5-13(16-14)17-6-3-8-18-9-7-17/h4-5,11H,3,6-10,15H2,1-2H3. The number of nitrogens with zero attached hydrogens (tertiary/aromatic N) is 2. The van der Waals surface area contributed by atoms with Gasteiger partial charge in [0.15, 0.2) is 0 Å². The van der Waals surface area contributed by atoms with Crippen LogP contribution >= 0.6 is 0 Å². The van der Waals surface area contributed by atoms with E-state index in [-0.39, 0.29) is 0 Å². The van der Waals surface area contributed by atoms with E-state index >= 15 is 0 Å². The van der Waals surface area contributed by atoms with Gasteiger partial charge in [0.05, 0.1) is 18.9 Å². The summed E-state index contributed by atoms with van der Waals surface area (Å²) >= 11 is 0. The Morgan fingerprint density at radius 2 is 2.21 bits per heavy atom. The average Bonchev–Trinajstić information content (AvgIpc) is 2.66. The van der Waals surface area contributed by atoms with Gasteiger partial charge in [-0.2, -0.15) is 4.98 Å². The molecule has 0 bridgehead atoms. The lowest BCUT2D eigenvalue weighted by Gasteiger charge is -2.21. The van der Waals surface area contributed by atoms with Gasteiger partial charge in [0, 0.05) is 19.7 Å². The summed E-state index contributed by atoms with van der Waals surface area (Å²) in [5.41, 5.74) is 6.50. The molecular weight excluding hydrogens is 242 g/mol. The molecule has 0 atom stereocenters. The number of nitrogen functional groups attached to an aromatic ring is 1. The molecule has 2 heterocycles. The number of nitrogens with two attached hydrogens (primary N) is 1. The molecule has 1 fully saturated rings. The van der Waals surface area contributed by atoms with Crippen molar-refractivity contribution >= 4 is 11.5 Å². The lowest BCUT2D eigenvalue weighted by atomic mass is 10.2. The predicted molar refractivity (Wildman–Crippen MR) is 76.6 cm³/mol. The Labute approximate surface area is 114 Å². The second-order valence-corrected chi connectivity index (χ2v) is 5.22. The van der Waals surface area contributed by atoms with Crippen molar-refractivity contribution in [3.63, 3.8) is 0 Å². The van der Waals surface area contributed by atoms with Gasteiger partial charge in [0.2, 0.25) is 5.88 Å². The SMILES string of the molecule is CC(C)COc1nc(N2CCCOCC2)ccc1N. The first kappa shape index (κ1) is 13.9. The Hall–Kier alpha value is -1.49. The van der Waals surface area contributed by atoms with E-state index in [0.717, 1.165) is 38.5 Å². The Balaban J connectivity index is 2.10. The van der Waals surface area contributed by atoms with Gasteiger partial charge in [0.1, 0.15) is 5.82 Å². The normalized spacial score (nSPS) is 16.5. The zero-order chi connectivity index (χ0) is 13.7. The van der Waals surface area contributed by atoms with Crippen molar-refractivity contribution in [2.45, 2.75) is 20.3 Å². The molecule has 19 heavy (non-hydrogen) atoms. The number of hydrogen-bond donors (Lipinski definition) is 1. The summed E-state index contributed by atoms with van der Waals surface area (Å²) in [5.74, 6) is 1.91. The van der Waals surface area contributed by atoms with Crippen molar-refractivity contribution in [2.75, 3.05) is 43.5 Å². The molecule has 1 aromatic rings. The van der Waals surface area contributed by atoms with E-state index in [2.05, 4.69) is 23.7 Å². The minimum absolute atomic E-state index is 0.455. The van der Waals surface area contributed by atoms with Crippen molar-refractivity contribution < 1.29 is 9.47 Å². The van der Waals surface area contributed by atoms with Gasteiger partial charge < -0.3 is 20.1 Å². The maximum Gasteiger partial charge on any atom is 0.239 e. The fourth-order valence-corrected chi connectivity index (χ4v) is 1.95. The topological polar surface area (TPSA) is 60.6 Å². The molecule has 0 unspecified atom stereocenters. The Bertz CT molecular complexity index is 402. The van der Waals surface area contributed by atoms with Crippen LogP contribution in [0, 0.1) is 5.92 Å². The second-order valence-electron chi connectivity index (χ2n) is 5.22. The number of pyridine rings is 1.